The number of aromatic nitrogens is 2. The monoisotopic (exact) mass is 642 g/mol. The maximum Gasteiger partial charge on any atom is 0.229 e. The van der Waals surface area contributed by atoms with Gasteiger partial charge < -0.3 is 41.4 Å². The average Bonchev–Trinajstić information content (AvgIpc) is 3.54. The molecule has 0 spiro atoms. The number of para-hydroxylation sites is 2. The molecule has 4 aromatic rings. The number of carbonyl (C=O) groups excluding carboxylic acids is 2. The molecule has 1 aliphatic rings. The van der Waals surface area contributed by atoms with Crippen LogP contribution >= 0.6 is 0 Å². The van der Waals surface area contributed by atoms with Crippen LogP contribution in [0, 0.1) is 11.7 Å². The zero-order chi connectivity index (χ0) is 33.0. The molecular weight excluding hydrogens is 603 g/mol. The normalized spacial score (nSPS) is 14.4. The highest BCUT2D eigenvalue weighted by molar-refractivity contribution is 5.94. The van der Waals surface area contributed by atoms with Gasteiger partial charge in [0.2, 0.25) is 17.8 Å². The Hall–Kier alpha value is -5.27. The van der Waals surface area contributed by atoms with Crippen LogP contribution in [0.25, 0.3) is 0 Å². The van der Waals surface area contributed by atoms with E-state index in [9.17, 15) is 14.0 Å². The van der Waals surface area contributed by atoms with Crippen LogP contribution < -0.4 is 31.7 Å². The van der Waals surface area contributed by atoms with Gasteiger partial charge in [-0.3, -0.25) is 9.59 Å². The second-order valence-electron chi connectivity index (χ2n) is 11.1. The van der Waals surface area contributed by atoms with Gasteiger partial charge in [-0.1, -0.05) is 18.2 Å². The maximum absolute atomic E-state index is 14.6. The highest BCUT2D eigenvalue weighted by Gasteiger charge is 2.28. The number of anilines is 7. The van der Waals surface area contributed by atoms with E-state index in [1.54, 1.807) is 67.8 Å². The molecule has 47 heavy (non-hydrogen) atoms. The van der Waals surface area contributed by atoms with Crippen molar-refractivity contribution < 1.29 is 23.5 Å². The Morgan fingerprint density at radius 2 is 1.79 bits per heavy atom. The fourth-order valence-corrected chi connectivity index (χ4v) is 5.11. The number of ether oxygens (including phenoxy) is 2. The Morgan fingerprint density at radius 3 is 2.60 bits per heavy atom. The van der Waals surface area contributed by atoms with Crippen molar-refractivity contribution in [2.75, 3.05) is 67.0 Å². The van der Waals surface area contributed by atoms with Gasteiger partial charge in [0.15, 0.2) is 11.6 Å². The SMILES string of the molecule is COCCOc1ccc(Nc2ncc(F)c(Nc3cccc(NC(=O)C4CCN(CCCC(=O)Nc5ccccc5N)C4)c3)n2)cc1. The minimum absolute atomic E-state index is 0.0159. The van der Waals surface area contributed by atoms with Crippen molar-refractivity contribution in [2.45, 2.75) is 19.3 Å². The highest BCUT2D eigenvalue weighted by Crippen LogP contribution is 2.25. The standard InChI is InChI=1S/C34H39FN8O4/c1-46-18-19-47-27-13-11-24(12-14-27)40-34-37-21-28(35)32(42-34)38-25-6-4-7-26(20-25)39-33(45)23-15-17-43(22-23)16-5-10-31(44)41-30-9-3-2-8-29(30)36/h2-4,6-9,11-14,20-21,23H,5,10,15-19,22,36H2,1H3,(H,39,45)(H,41,44)(H2,37,38,40,42). The number of nitrogens with two attached hydrogens (primary N) is 1. The Kier molecular flexibility index (Phi) is 11.5. The first kappa shape index (κ1) is 33.1. The molecule has 2 amide bonds. The number of halogens is 1. The number of rotatable bonds is 15. The molecule has 1 aliphatic heterocycles. The summed E-state index contributed by atoms with van der Waals surface area (Å²) in [6.45, 7) is 3.05. The van der Waals surface area contributed by atoms with Gasteiger partial charge in [0.25, 0.3) is 0 Å². The van der Waals surface area contributed by atoms with Gasteiger partial charge in [-0.2, -0.15) is 4.98 Å². The summed E-state index contributed by atoms with van der Waals surface area (Å²) in [5.74, 6) is -0.0927. The van der Waals surface area contributed by atoms with E-state index >= 15 is 0 Å². The van der Waals surface area contributed by atoms with E-state index in [4.69, 9.17) is 15.2 Å². The summed E-state index contributed by atoms with van der Waals surface area (Å²) < 4.78 is 25.2. The minimum atomic E-state index is -0.625. The van der Waals surface area contributed by atoms with Crippen molar-refractivity contribution in [1.82, 2.24) is 14.9 Å². The number of amides is 2. The molecular formula is C34H39FN8O4. The quantitative estimate of drug-likeness (QED) is 0.0842. The number of likely N-dealkylation sites (tertiary alicyclic amines) is 1. The van der Waals surface area contributed by atoms with E-state index in [-0.39, 0.29) is 29.5 Å². The van der Waals surface area contributed by atoms with Gasteiger partial charge in [-0.15, -0.1) is 0 Å². The third kappa shape index (κ3) is 9.86. The van der Waals surface area contributed by atoms with Crippen molar-refractivity contribution in [2.24, 2.45) is 5.92 Å². The van der Waals surface area contributed by atoms with Gasteiger partial charge in [-0.05, 0) is 80.5 Å². The lowest BCUT2D eigenvalue weighted by molar-refractivity contribution is -0.119. The number of hydrogen-bond acceptors (Lipinski definition) is 10. The lowest BCUT2D eigenvalue weighted by atomic mass is 10.1. The van der Waals surface area contributed by atoms with Crippen LogP contribution in [0.15, 0.2) is 79.0 Å². The van der Waals surface area contributed by atoms with Gasteiger partial charge in [0, 0.05) is 37.1 Å². The van der Waals surface area contributed by atoms with E-state index in [1.165, 1.54) is 0 Å². The molecule has 5 rings (SSSR count). The molecule has 0 aliphatic carbocycles. The molecule has 2 heterocycles. The largest absolute Gasteiger partial charge is 0.491 e. The number of carbonyl (C=O) groups is 2. The van der Waals surface area contributed by atoms with Gasteiger partial charge in [0.1, 0.15) is 12.4 Å². The summed E-state index contributed by atoms with van der Waals surface area (Å²) in [6, 6.07) is 21.4. The van der Waals surface area contributed by atoms with Crippen LogP contribution in [0.4, 0.5) is 44.6 Å². The first-order valence-corrected chi connectivity index (χ1v) is 15.4. The third-order valence-electron chi connectivity index (χ3n) is 7.56. The van der Waals surface area contributed by atoms with E-state index < -0.39 is 5.82 Å². The first-order chi connectivity index (χ1) is 22.9. The van der Waals surface area contributed by atoms with Gasteiger partial charge >= 0.3 is 0 Å². The first-order valence-electron chi connectivity index (χ1n) is 15.4. The molecule has 13 heteroatoms. The molecule has 1 aromatic heterocycles. The fraction of sp³-hybridized carbons (Fsp3) is 0.294. The second-order valence-corrected chi connectivity index (χ2v) is 11.1. The van der Waals surface area contributed by atoms with Gasteiger partial charge in [-0.25, -0.2) is 9.37 Å². The van der Waals surface area contributed by atoms with Crippen molar-refractivity contribution in [3.05, 3.63) is 84.8 Å². The van der Waals surface area contributed by atoms with Crippen LogP contribution in [0.2, 0.25) is 0 Å². The van der Waals surface area contributed by atoms with E-state index in [1.807, 2.05) is 12.1 Å². The molecule has 12 nitrogen and oxygen atoms in total. The molecule has 0 bridgehead atoms. The Bertz CT molecular complexity index is 1660. The van der Waals surface area contributed by atoms with Gasteiger partial charge in [0.05, 0.1) is 30.1 Å². The van der Waals surface area contributed by atoms with Crippen LogP contribution in [-0.2, 0) is 14.3 Å². The number of methoxy groups -OCH3 is 1. The topological polar surface area (TPSA) is 156 Å². The van der Waals surface area contributed by atoms with Crippen molar-refractivity contribution in [1.29, 1.82) is 0 Å². The average molecular weight is 643 g/mol. The predicted octanol–water partition coefficient (Wildman–Crippen LogP) is 5.39. The smallest absolute Gasteiger partial charge is 0.229 e. The van der Waals surface area contributed by atoms with Crippen LogP contribution in [-0.4, -0.2) is 66.6 Å². The van der Waals surface area contributed by atoms with E-state index in [2.05, 4.69) is 36.1 Å². The fourth-order valence-electron chi connectivity index (χ4n) is 5.11. The summed E-state index contributed by atoms with van der Waals surface area (Å²) >= 11 is 0. The number of nitrogen functional groups attached to an aromatic ring is 1. The van der Waals surface area contributed by atoms with Crippen LogP contribution in [0.3, 0.4) is 0 Å². The Labute approximate surface area is 272 Å². The van der Waals surface area contributed by atoms with E-state index in [0.29, 0.717) is 66.8 Å². The van der Waals surface area contributed by atoms with Crippen LogP contribution in [0.1, 0.15) is 19.3 Å². The Balaban J connectivity index is 1.09. The maximum atomic E-state index is 14.6. The molecule has 1 saturated heterocycles. The number of benzene rings is 3. The van der Waals surface area contributed by atoms with Crippen molar-refractivity contribution in [3.63, 3.8) is 0 Å². The minimum Gasteiger partial charge on any atom is -0.491 e. The summed E-state index contributed by atoms with van der Waals surface area (Å²) in [4.78, 5) is 35.9. The van der Waals surface area contributed by atoms with Crippen molar-refractivity contribution >= 4 is 52.0 Å². The lowest BCUT2D eigenvalue weighted by Crippen LogP contribution is -2.28. The summed E-state index contributed by atoms with van der Waals surface area (Å²) in [6.07, 6.45) is 2.85. The molecule has 1 fully saturated rings. The number of hydrogen-bond donors (Lipinski definition) is 5. The molecule has 3 aromatic carbocycles. The molecule has 0 saturated carbocycles. The number of nitrogens with zero attached hydrogens (tertiary/aromatic N) is 3. The number of nitrogens with one attached hydrogen (secondary N) is 4. The highest BCUT2D eigenvalue weighted by atomic mass is 19.1. The predicted molar refractivity (Wildman–Crippen MR) is 181 cm³/mol. The molecule has 1 atom stereocenters. The zero-order valence-electron chi connectivity index (χ0n) is 26.2. The van der Waals surface area contributed by atoms with E-state index in [0.717, 1.165) is 25.7 Å². The molecule has 246 valence electrons. The summed E-state index contributed by atoms with van der Waals surface area (Å²) in [7, 11) is 1.61. The molecule has 1 unspecified atom stereocenters. The molecule has 6 N–H and O–H groups in total. The molecule has 0 radical (unpaired) electrons. The van der Waals surface area contributed by atoms with Crippen molar-refractivity contribution in [3.8, 4) is 5.75 Å². The lowest BCUT2D eigenvalue weighted by Gasteiger charge is -2.16. The zero-order valence-corrected chi connectivity index (χ0v) is 26.2. The second kappa shape index (κ2) is 16.3. The summed E-state index contributed by atoms with van der Waals surface area (Å²) in [5.41, 5.74) is 8.87. The third-order valence-corrected chi connectivity index (χ3v) is 7.56. The Morgan fingerprint density at radius 1 is 0.979 bits per heavy atom. The summed E-state index contributed by atoms with van der Waals surface area (Å²) in [5, 5.41) is 11.9. The van der Waals surface area contributed by atoms with Crippen LogP contribution in [0.5, 0.6) is 5.75 Å².